The molecule has 0 aromatic heterocycles. The molecule has 0 bridgehead atoms. The largest absolute Gasteiger partial charge is 0.396 e. The summed E-state index contributed by atoms with van der Waals surface area (Å²) in [5.41, 5.74) is 7.22. The van der Waals surface area contributed by atoms with E-state index in [0.29, 0.717) is 19.4 Å². The van der Waals surface area contributed by atoms with Crippen molar-refractivity contribution in [2.24, 2.45) is 5.73 Å². The van der Waals surface area contributed by atoms with Crippen LogP contribution in [0.15, 0.2) is 30.3 Å². The van der Waals surface area contributed by atoms with Crippen LogP contribution >= 0.6 is 0 Å². The number of amides is 1. The van der Waals surface area contributed by atoms with Gasteiger partial charge in [-0.15, -0.1) is 0 Å². The third kappa shape index (κ3) is 5.31. The van der Waals surface area contributed by atoms with Crippen LogP contribution < -0.4 is 5.73 Å². The molecule has 0 spiro atoms. The maximum Gasteiger partial charge on any atom is 0.239 e. The number of aliphatic hydroxyl groups is 1. The molecule has 1 atom stereocenters. The van der Waals surface area contributed by atoms with Gasteiger partial charge in [-0.05, 0) is 38.7 Å². The van der Waals surface area contributed by atoms with E-state index >= 15 is 0 Å². The number of hydrogen-bond donors (Lipinski definition) is 2. The van der Waals surface area contributed by atoms with Crippen LogP contribution in [0.2, 0.25) is 0 Å². The lowest BCUT2D eigenvalue weighted by Gasteiger charge is -2.29. The predicted molar refractivity (Wildman–Crippen MR) is 81.3 cm³/mol. The van der Waals surface area contributed by atoms with Gasteiger partial charge in [-0.2, -0.15) is 0 Å². The molecule has 1 rings (SSSR count). The molecule has 1 aromatic carbocycles. The van der Waals surface area contributed by atoms with Gasteiger partial charge in [0, 0.05) is 19.2 Å². The summed E-state index contributed by atoms with van der Waals surface area (Å²) in [4.78, 5) is 14.1. The molecule has 4 nitrogen and oxygen atoms in total. The van der Waals surface area contributed by atoms with Crippen LogP contribution in [0.25, 0.3) is 0 Å². The molecular weight excluding hydrogens is 252 g/mol. The van der Waals surface area contributed by atoms with Gasteiger partial charge in [0.05, 0.1) is 6.04 Å². The zero-order valence-electron chi connectivity index (χ0n) is 12.5. The molecule has 112 valence electrons. The quantitative estimate of drug-likeness (QED) is 0.758. The van der Waals surface area contributed by atoms with E-state index in [2.05, 4.69) is 0 Å². The summed E-state index contributed by atoms with van der Waals surface area (Å²) in [6.07, 6.45) is 2.04. The number of hydrogen-bond acceptors (Lipinski definition) is 3. The monoisotopic (exact) mass is 278 g/mol. The molecule has 0 saturated carbocycles. The van der Waals surface area contributed by atoms with Crippen molar-refractivity contribution in [3.8, 4) is 0 Å². The summed E-state index contributed by atoms with van der Waals surface area (Å²) in [6, 6.07) is 9.68. The number of aryl methyl sites for hydroxylation is 1. The molecule has 0 fully saturated rings. The zero-order valence-corrected chi connectivity index (χ0v) is 12.5. The van der Waals surface area contributed by atoms with Crippen molar-refractivity contribution in [3.05, 3.63) is 35.9 Å². The lowest BCUT2D eigenvalue weighted by atomic mass is 10.0. The molecule has 0 aliphatic carbocycles. The maximum atomic E-state index is 12.3. The Kier molecular flexibility index (Phi) is 7.26. The highest BCUT2D eigenvalue weighted by Crippen LogP contribution is 2.08. The third-order valence-electron chi connectivity index (χ3n) is 3.37. The maximum absolute atomic E-state index is 12.3. The van der Waals surface area contributed by atoms with Crippen molar-refractivity contribution in [1.82, 2.24) is 4.90 Å². The first kappa shape index (κ1) is 16.7. The van der Waals surface area contributed by atoms with E-state index < -0.39 is 6.04 Å². The van der Waals surface area contributed by atoms with Crippen LogP contribution in [0.5, 0.6) is 0 Å². The van der Waals surface area contributed by atoms with E-state index in [0.717, 1.165) is 6.42 Å². The second kappa shape index (κ2) is 8.72. The molecule has 1 amide bonds. The summed E-state index contributed by atoms with van der Waals surface area (Å²) in [6.45, 7) is 4.60. The van der Waals surface area contributed by atoms with E-state index in [-0.39, 0.29) is 18.6 Å². The van der Waals surface area contributed by atoms with Crippen molar-refractivity contribution in [2.45, 2.75) is 45.2 Å². The van der Waals surface area contributed by atoms with Crippen LogP contribution in [-0.4, -0.2) is 41.1 Å². The van der Waals surface area contributed by atoms with Gasteiger partial charge in [-0.25, -0.2) is 0 Å². The fourth-order valence-corrected chi connectivity index (χ4v) is 2.17. The lowest BCUT2D eigenvalue weighted by molar-refractivity contribution is -0.134. The van der Waals surface area contributed by atoms with Crippen molar-refractivity contribution in [3.63, 3.8) is 0 Å². The number of carbonyl (C=O) groups excluding carboxylic acids is 1. The van der Waals surface area contributed by atoms with Gasteiger partial charge in [0.25, 0.3) is 0 Å². The van der Waals surface area contributed by atoms with E-state index in [1.54, 1.807) is 4.90 Å². The van der Waals surface area contributed by atoms with Crippen molar-refractivity contribution in [1.29, 1.82) is 0 Å². The van der Waals surface area contributed by atoms with Gasteiger partial charge in [0.1, 0.15) is 0 Å². The second-order valence-electron chi connectivity index (χ2n) is 5.33. The summed E-state index contributed by atoms with van der Waals surface area (Å²) < 4.78 is 0. The first-order valence-corrected chi connectivity index (χ1v) is 7.27. The molecule has 0 aliphatic rings. The number of benzene rings is 1. The Hall–Kier alpha value is -1.39. The second-order valence-corrected chi connectivity index (χ2v) is 5.33. The van der Waals surface area contributed by atoms with Gasteiger partial charge in [0.2, 0.25) is 5.91 Å². The Balaban J connectivity index is 2.51. The summed E-state index contributed by atoms with van der Waals surface area (Å²) in [5.74, 6) is -0.0237. The summed E-state index contributed by atoms with van der Waals surface area (Å²) in [7, 11) is 0. The van der Waals surface area contributed by atoms with Gasteiger partial charge in [0.15, 0.2) is 0 Å². The molecule has 3 N–H and O–H groups in total. The highest BCUT2D eigenvalue weighted by atomic mass is 16.3. The number of nitrogens with two attached hydrogens (primary N) is 1. The topological polar surface area (TPSA) is 66.6 Å². The molecule has 0 radical (unpaired) electrons. The van der Waals surface area contributed by atoms with E-state index in [1.807, 2.05) is 44.2 Å². The van der Waals surface area contributed by atoms with E-state index in [1.165, 1.54) is 5.56 Å². The van der Waals surface area contributed by atoms with Crippen LogP contribution in [-0.2, 0) is 11.2 Å². The molecule has 1 aromatic rings. The van der Waals surface area contributed by atoms with E-state index in [9.17, 15) is 4.79 Å². The summed E-state index contributed by atoms with van der Waals surface area (Å²) >= 11 is 0. The van der Waals surface area contributed by atoms with Gasteiger partial charge in [-0.3, -0.25) is 4.79 Å². The van der Waals surface area contributed by atoms with Crippen molar-refractivity contribution < 1.29 is 9.90 Å². The first-order valence-electron chi connectivity index (χ1n) is 7.27. The Morgan fingerprint density at radius 3 is 2.50 bits per heavy atom. The average molecular weight is 278 g/mol. The van der Waals surface area contributed by atoms with Crippen LogP contribution in [0.1, 0.15) is 32.3 Å². The smallest absolute Gasteiger partial charge is 0.239 e. The molecule has 20 heavy (non-hydrogen) atoms. The minimum Gasteiger partial charge on any atom is -0.396 e. The lowest BCUT2D eigenvalue weighted by Crippen LogP contribution is -2.47. The van der Waals surface area contributed by atoms with Crippen molar-refractivity contribution >= 4 is 5.91 Å². The van der Waals surface area contributed by atoms with Crippen LogP contribution in [0.4, 0.5) is 0 Å². The van der Waals surface area contributed by atoms with Gasteiger partial charge < -0.3 is 15.7 Å². The van der Waals surface area contributed by atoms with Gasteiger partial charge >= 0.3 is 0 Å². The van der Waals surface area contributed by atoms with Crippen LogP contribution in [0.3, 0.4) is 0 Å². The Morgan fingerprint density at radius 1 is 1.30 bits per heavy atom. The minimum absolute atomic E-state index is 0.0237. The predicted octanol–water partition coefficient (Wildman–Crippen LogP) is 1.57. The minimum atomic E-state index is -0.476. The SMILES string of the molecule is CC(C)N(CCCO)C(=O)[C@@H](N)CCc1ccccc1. The number of nitrogens with zero attached hydrogens (tertiary/aromatic N) is 1. The molecule has 0 unspecified atom stereocenters. The summed E-state index contributed by atoms with van der Waals surface area (Å²) in [5, 5.41) is 8.90. The first-order chi connectivity index (χ1) is 9.56. The molecule has 0 saturated heterocycles. The molecule has 0 aliphatic heterocycles. The third-order valence-corrected chi connectivity index (χ3v) is 3.37. The average Bonchev–Trinajstić information content (AvgIpc) is 2.45. The Morgan fingerprint density at radius 2 is 1.95 bits per heavy atom. The Labute approximate surface area is 121 Å². The molecular formula is C16H26N2O2. The van der Waals surface area contributed by atoms with Gasteiger partial charge in [-0.1, -0.05) is 30.3 Å². The van der Waals surface area contributed by atoms with E-state index in [4.69, 9.17) is 10.8 Å². The highest BCUT2D eigenvalue weighted by Gasteiger charge is 2.22. The zero-order chi connectivity index (χ0) is 15.0. The normalized spacial score (nSPS) is 12.4. The number of carbonyl (C=O) groups is 1. The fourth-order valence-electron chi connectivity index (χ4n) is 2.17. The number of aliphatic hydroxyl groups excluding tert-OH is 1. The molecule has 0 heterocycles. The highest BCUT2D eigenvalue weighted by molar-refractivity contribution is 5.81. The van der Waals surface area contributed by atoms with Crippen LogP contribution in [0, 0.1) is 0 Å². The molecule has 4 heteroatoms. The van der Waals surface area contributed by atoms with Crippen molar-refractivity contribution in [2.75, 3.05) is 13.2 Å². The standard InChI is InChI=1S/C16H26N2O2/c1-13(2)18(11-6-12-19)16(20)15(17)10-9-14-7-4-3-5-8-14/h3-5,7-8,13,15,19H,6,9-12,17H2,1-2H3/t15-/m0/s1. The Bertz CT molecular complexity index is 393. The fraction of sp³-hybridized carbons (Fsp3) is 0.562. The number of rotatable bonds is 8.